The van der Waals surface area contributed by atoms with E-state index < -0.39 is 24.4 Å². The van der Waals surface area contributed by atoms with Crippen LogP contribution in [0.1, 0.15) is 44.4 Å². The minimum absolute atomic E-state index is 0.197. The maximum Gasteiger partial charge on any atom is 0.492 e. The van der Waals surface area contributed by atoms with Crippen LogP contribution in [0.25, 0.3) is 6.08 Å². The molecular weight excluding hydrogens is 403 g/mol. The standard InChI is InChI=1S/C25H29BN2O4/c1-24(2)25(3,4)32-26(31-24)22(16-20-12-10-19(11-13-20)14-15-27)17-28-23(29)30-18-21-8-6-5-7-9-21/h5-13,16H,14,17-18H2,1-4H3,(H,28,29). The van der Waals surface area contributed by atoms with Gasteiger partial charge in [-0.3, -0.25) is 0 Å². The van der Waals surface area contributed by atoms with E-state index in [1.165, 1.54) is 0 Å². The van der Waals surface area contributed by atoms with E-state index in [1.807, 2.05) is 88.4 Å². The van der Waals surface area contributed by atoms with Gasteiger partial charge in [-0.05, 0) is 49.9 Å². The molecule has 1 aliphatic rings. The van der Waals surface area contributed by atoms with Crippen LogP contribution < -0.4 is 5.32 Å². The van der Waals surface area contributed by atoms with Gasteiger partial charge in [0.2, 0.25) is 0 Å². The zero-order chi connectivity index (χ0) is 23.2. The van der Waals surface area contributed by atoms with E-state index in [-0.39, 0.29) is 13.2 Å². The Balaban J connectivity index is 1.72. The van der Waals surface area contributed by atoms with Crippen LogP contribution in [0.3, 0.4) is 0 Å². The maximum atomic E-state index is 12.3. The van der Waals surface area contributed by atoms with Gasteiger partial charge >= 0.3 is 13.2 Å². The van der Waals surface area contributed by atoms with Gasteiger partial charge in [-0.15, -0.1) is 0 Å². The van der Waals surface area contributed by atoms with Crippen molar-refractivity contribution in [1.29, 1.82) is 5.26 Å². The molecule has 0 saturated carbocycles. The number of hydrogen-bond donors (Lipinski definition) is 1. The summed E-state index contributed by atoms with van der Waals surface area (Å²) in [6.45, 7) is 8.37. The smallest absolute Gasteiger partial charge is 0.445 e. The SMILES string of the molecule is CC1(C)OB(C(=Cc2ccc(CC#N)cc2)CNC(=O)OCc2ccccc2)OC1(C)C. The molecule has 0 aliphatic carbocycles. The number of alkyl carbamates (subject to hydrolysis) is 1. The van der Waals surface area contributed by atoms with Crippen molar-refractivity contribution >= 4 is 19.3 Å². The Hall–Kier alpha value is -3.08. The van der Waals surface area contributed by atoms with E-state index in [1.54, 1.807) is 0 Å². The van der Waals surface area contributed by atoms with Gasteiger partial charge in [-0.25, -0.2) is 4.79 Å². The fourth-order valence-corrected chi connectivity index (χ4v) is 3.18. The molecule has 2 aromatic carbocycles. The Kier molecular flexibility index (Phi) is 7.39. The number of ether oxygens (including phenoxy) is 1. The van der Waals surface area contributed by atoms with Crippen molar-refractivity contribution in [2.45, 2.75) is 51.9 Å². The van der Waals surface area contributed by atoms with E-state index in [2.05, 4.69) is 11.4 Å². The second kappa shape index (κ2) is 10.0. The fourth-order valence-electron chi connectivity index (χ4n) is 3.18. The quantitative estimate of drug-likeness (QED) is 0.642. The molecule has 0 radical (unpaired) electrons. The molecular formula is C25H29BN2O4. The van der Waals surface area contributed by atoms with Crippen LogP contribution in [-0.4, -0.2) is 31.0 Å². The normalized spacial score (nSPS) is 17.0. The van der Waals surface area contributed by atoms with E-state index >= 15 is 0 Å². The van der Waals surface area contributed by atoms with Crippen molar-refractivity contribution in [1.82, 2.24) is 5.32 Å². The highest BCUT2D eigenvalue weighted by molar-refractivity contribution is 6.56. The molecule has 1 fully saturated rings. The highest BCUT2D eigenvalue weighted by atomic mass is 16.7. The van der Waals surface area contributed by atoms with Crippen molar-refractivity contribution < 1.29 is 18.8 Å². The summed E-state index contributed by atoms with van der Waals surface area (Å²) in [5.74, 6) is 0. The monoisotopic (exact) mass is 432 g/mol. The zero-order valence-corrected chi connectivity index (χ0v) is 19.1. The van der Waals surface area contributed by atoms with E-state index in [4.69, 9.17) is 19.3 Å². The van der Waals surface area contributed by atoms with Crippen LogP contribution in [0.15, 0.2) is 60.1 Å². The van der Waals surface area contributed by atoms with E-state index in [0.717, 1.165) is 22.2 Å². The summed E-state index contributed by atoms with van der Waals surface area (Å²) in [6, 6.07) is 19.4. The number of carbonyl (C=O) groups is 1. The molecule has 1 amide bonds. The van der Waals surface area contributed by atoms with E-state index in [0.29, 0.717) is 6.42 Å². The number of nitrogens with one attached hydrogen (secondary N) is 1. The lowest BCUT2D eigenvalue weighted by molar-refractivity contribution is 0.00578. The molecule has 0 bridgehead atoms. The van der Waals surface area contributed by atoms with Crippen LogP contribution in [0.2, 0.25) is 0 Å². The average Bonchev–Trinajstić information content (AvgIpc) is 2.98. The fraction of sp³-hybridized carbons (Fsp3) is 0.360. The van der Waals surface area contributed by atoms with Gasteiger partial charge in [0, 0.05) is 6.54 Å². The highest BCUT2D eigenvalue weighted by Crippen LogP contribution is 2.38. The predicted molar refractivity (Wildman–Crippen MR) is 124 cm³/mol. The van der Waals surface area contributed by atoms with Crippen LogP contribution in [-0.2, 0) is 27.1 Å². The first kappa shape index (κ1) is 23.6. The Morgan fingerprint density at radius 1 is 1.03 bits per heavy atom. The summed E-state index contributed by atoms with van der Waals surface area (Å²) in [5, 5.41) is 11.7. The Morgan fingerprint density at radius 3 is 2.25 bits per heavy atom. The lowest BCUT2D eigenvalue weighted by Gasteiger charge is -2.32. The lowest BCUT2D eigenvalue weighted by atomic mass is 9.77. The van der Waals surface area contributed by atoms with Gasteiger partial charge in [0.05, 0.1) is 23.7 Å². The first-order chi connectivity index (χ1) is 15.2. The number of nitrogens with zero attached hydrogens (tertiary/aromatic N) is 1. The summed E-state index contributed by atoms with van der Waals surface area (Å²) in [6.07, 6.45) is 1.79. The minimum Gasteiger partial charge on any atom is -0.445 e. The van der Waals surface area contributed by atoms with Gasteiger partial charge < -0.3 is 19.4 Å². The molecule has 7 heteroatoms. The predicted octanol–water partition coefficient (Wildman–Crippen LogP) is 4.69. The number of benzene rings is 2. The molecule has 32 heavy (non-hydrogen) atoms. The first-order valence-electron chi connectivity index (χ1n) is 10.7. The summed E-state index contributed by atoms with van der Waals surface area (Å²) in [7, 11) is -0.604. The lowest BCUT2D eigenvalue weighted by Crippen LogP contribution is -2.41. The molecule has 0 unspecified atom stereocenters. The van der Waals surface area contributed by atoms with Crippen molar-refractivity contribution in [2.75, 3.05) is 6.54 Å². The van der Waals surface area contributed by atoms with Crippen LogP contribution in [0.5, 0.6) is 0 Å². The largest absolute Gasteiger partial charge is 0.492 e. The van der Waals surface area contributed by atoms with Crippen LogP contribution in [0.4, 0.5) is 4.79 Å². The van der Waals surface area contributed by atoms with Crippen molar-refractivity contribution in [3.8, 4) is 6.07 Å². The molecule has 166 valence electrons. The zero-order valence-electron chi connectivity index (χ0n) is 19.1. The van der Waals surface area contributed by atoms with Crippen molar-refractivity contribution in [3.05, 3.63) is 76.8 Å². The third-order valence-corrected chi connectivity index (χ3v) is 5.82. The Labute approximate surface area is 190 Å². The average molecular weight is 432 g/mol. The molecule has 1 saturated heterocycles. The number of nitriles is 1. The summed E-state index contributed by atoms with van der Waals surface area (Å²) >= 11 is 0. The van der Waals surface area contributed by atoms with Gasteiger partial charge in [0.25, 0.3) is 0 Å². The summed E-state index contributed by atoms with van der Waals surface area (Å²) in [4.78, 5) is 12.3. The van der Waals surface area contributed by atoms with Gasteiger partial charge in [0.15, 0.2) is 0 Å². The molecule has 0 spiro atoms. The molecule has 1 heterocycles. The second-order valence-corrected chi connectivity index (χ2v) is 8.80. The molecule has 0 aromatic heterocycles. The third-order valence-electron chi connectivity index (χ3n) is 5.82. The topological polar surface area (TPSA) is 80.6 Å². The molecule has 0 atom stereocenters. The Morgan fingerprint density at radius 2 is 1.66 bits per heavy atom. The number of hydrogen-bond acceptors (Lipinski definition) is 5. The number of rotatable bonds is 7. The van der Waals surface area contributed by atoms with Gasteiger partial charge in [-0.2, -0.15) is 5.26 Å². The Bertz CT molecular complexity index is 979. The van der Waals surface area contributed by atoms with E-state index in [9.17, 15) is 4.79 Å². The third kappa shape index (κ3) is 6.00. The number of carbonyl (C=O) groups excluding carboxylic acids is 1. The summed E-state index contributed by atoms with van der Waals surface area (Å²) < 4.78 is 17.7. The van der Waals surface area contributed by atoms with Crippen LogP contribution in [0, 0.1) is 11.3 Å². The molecule has 3 rings (SSSR count). The first-order valence-corrected chi connectivity index (χ1v) is 10.7. The minimum atomic E-state index is -0.604. The second-order valence-electron chi connectivity index (χ2n) is 8.80. The number of amides is 1. The molecule has 6 nitrogen and oxygen atoms in total. The molecule has 2 aromatic rings. The van der Waals surface area contributed by atoms with Crippen LogP contribution >= 0.6 is 0 Å². The molecule has 1 N–H and O–H groups in total. The van der Waals surface area contributed by atoms with Gasteiger partial charge in [0.1, 0.15) is 6.61 Å². The molecule has 1 aliphatic heterocycles. The maximum absolute atomic E-state index is 12.3. The van der Waals surface area contributed by atoms with Crippen molar-refractivity contribution in [2.24, 2.45) is 0 Å². The highest BCUT2D eigenvalue weighted by Gasteiger charge is 2.52. The summed E-state index contributed by atoms with van der Waals surface area (Å²) in [5.41, 5.74) is 2.57. The van der Waals surface area contributed by atoms with Crippen molar-refractivity contribution in [3.63, 3.8) is 0 Å². The van der Waals surface area contributed by atoms with Gasteiger partial charge in [-0.1, -0.05) is 60.7 Å².